The zero-order valence-corrected chi connectivity index (χ0v) is 13.6. The quantitative estimate of drug-likeness (QED) is 0.688. The summed E-state index contributed by atoms with van der Waals surface area (Å²) in [4.78, 5) is 8.65. The fourth-order valence-electron chi connectivity index (χ4n) is 1.97. The van der Waals surface area contributed by atoms with Crippen LogP contribution in [0.3, 0.4) is 0 Å². The van der Waals surface area contributed by atoms with E-state index in [1.807, 2.05) is 18.2 Å². The van der Waals surface area contributed by atoms with Crippen molar-refractivity contribution < 1.29 is 14.2 Å². The lowest BCUT2D eigenvalue weighted by Crippen LogP contribution is -2.07. The van der Waals surface area contributed by atoms with E-state index in [1.54, 1.807) is 33.6 Å². The fraction of sp³-hybridized carbons (Fsp3) is 0.375. The largest absolute Gasteiger partial charge is 0.497 e. The van der Waals surface area contributed by atoms with Crippen molar-refractivity contribution in [3.63, 3.8) is 0 Å². The van der Waals surface area contributed by atoms with Gasteiger partial charge in [0.25, 0.3) is 0 Å². The Morgan fingerprint density at radius 2 is 1.96 bits per heavy atom. The Kier molecular flexibility index (Phi) is 6.43. The first-order valence-corrected chi connectivity index (χ1v) is 7.31. The summed E-state index contributed by atoms with van der Waals surface area (Å²) in [7, 11) is 4.91. The summed E-state index contributed by atoms with van der Waals surface area (Å²) < 4.78 is 15.6. The van der Waals surface area contributed by atoms with Crippen molar-refractivity contribution in [3.05, 3.63) is 30.5 Å². The van der Waals surface area contributed by atoms with Crippen LogP contribution in [0.4, 0.5) is 17.5 Å². The standard InChI is InChI=1S/C16H22N4O3/c1-21-10-4-8-17-15-7-9-18-16(20-15)19-13-6-5-12(22-2)11-14(13)23-3/h5-7,9,11H,4,8,10H2,1-3H3,(H2,17,18,19,20). The maximum Gasteiger partial charge on any atom is 0.229 e. The van der Waals surface area contributed by atoms with Crippen LogP contribution in [0, 0.1) is 0 Å². The molecule has 7 heteroatoms. The first kappa shape index (κ1) is 16.8. The second-order valence-electron chi connectivity index (χ2n) is 4.73. The highest BCUT2D eigenvalue weighted by Crippen LogP contribution is 2.30. The Morgan fingerprint density at radius 3 is 2.70 bits per heavy atom. The van der Waals surface area contributed by atoms with Crippen LogP contribution in [-0.4, -0.2) is 44.4 Å². The van der Waals surface area contributed by atoms with Crippen molar-refractivity contribution in [3.8, 4) is 11.5 Å². The smallest absolute Gasteiger partial charge is 0.229 e. The van der Waals surface area contributed by atoms with Gasteiger partial charge < -0.3 is 24.8 Å². The average Bonchev–Trinajstić information content (AvgIpc) is 2.59. The van der Waals surface area contributed by atoms with Crippen molar-refractivity contribution in [2.75, 3.05) is 45.1 Å². The van der Waals surface area contributed by atoms with E-state index in [1.165, 1.54) is 0 Å². The molecule has 0 bridgehead atoms. The number of nitrogens with zero attached hydrogens (tertiary/aromatic N) is 2. The van der Waals surface area contributed by atoms with Gasteiger partial charge in [-0.1, -0.05) is 0 Å². The van der Waals surface area contributed by atoms with Gasteiger partial charge in [-0.3, -0.25) is 0 Å². The molecule has 0 fully saturated rings. The molecule has 2 rings (SSSR count). The number of rotatable bonds is 9. The molecule has 124 valence electrons. The van der Waals surface area contributed by atoms with E-state index in [9.17, 15) is 0 Å². The number of ether oxygens (including phenoxy) is 3. The summed E-state index contributed by atoms with van der Waals surface area (Å²) in [5.41, 5.74) is 0.768. The highest BCUT2D eigenvalue weighted by atomic mass is 16.5. The van der Waals surface area contributed by atoms with Crippen LogP contribution in [0.15, 0.2) is 30.5 Å². The second kappa shape index (κ2) is 8.79. The number of hydrogen-bond acceptors (Lipinski definition) is 7. The van der Waals surface area contributed by atoms with E-state index >= 15 is 0 Å². The lowest BCUT2D eigenvalue weighted by Gasteiger charge is -2.12. The van der Waals surface area contributed by atoms with Crippen molar-refractivity contribution in [2.24, 2.45) is 0 Å². The summed E-state index contributed by atoms with van der Waals surface area (Å²) >= 11 is 0. The van der Waals surface area contributed by atoms with Crippen LogP contribution in [-0.2, 0) is 4.74 Å². The number of methoxy groups -OCH3 is 3. The molecule has 1 aromatic carbocycles. The number of benzene rings is 1. The van der Waals surface area contributed by atoms with Gasteiger partial charge in [-0.05, 0) is 24.6 Å². The molecule has 0 saturated carbocycles. The highest BCUT2D eigenvalue weighted by Gasteiger charge is 2.07. The second-order valence-corrected chi connectivity index (χ2v) is 4.73. The van der Waals surface area contributed by atoms with Gasteiger partial charge >= 0.3 is 0 Å². The third-order valence-electron chi connectivity index (χ3n) is 3.14. The van der Waals surface area contributed by atoms with E-state index in [-0.39, 0.29) is 0 Å². The molecular weight excluding hydrogens is 296 g/mol. The predicted octanol–water partition coefficient (Wildman–Crippen LogP) is 2.69. The Hall–Kier alpha value is -2.54. The lowest BCUT2D eigenvalue weighted by atomic mass is 10.2. The Balaban J connectivity index is 2.05. The minimum absolute atomic E-state index is 0.491. The summed E-state index contributed by atoms with van der Waals surface area (Å²) in [6.45, 7) is 1.50. The van der Waals surface area contributed by atoms with Gasteiger partial charge in [0.1, 0.15) is 17.3 Å². The van der Waals surface area contributed by atoms with Crippen LogP contribution in [0.2, 0.25) is 0 Å². The molecule has 23 heavy (non-hydrogen) atoms. The maximum absolute atomic E-state index is 5.35. The Morgan fingerprint density at radius 1 is 1.09 bits per heavy atom. The molecule has 0 aliphatic heterocycles. The van der Waals surface area contributed by atoms with Crippen molar-refractivity contribution >= 4 is 17.5 Å². The molecule has 0 unspecified atom stereocenters. The minimum atomic E-state index is 0.491. The van der Waals surface area contributed by atoms with Crippen LogP contribution in [0.25, 0.3) is 0 Å². The highest BCUT2D eigenvalue weighted by molar-refractivity contribution is 5.64. The number of nitrogens with one attached hydrogen (secondary N) is 2. The maximum atomic E-state index is 5.35. The molecule has 1 heterocycles. The lowest BCUT2D eigenvalue weighted by molar-refractivity contribution is 0.198. The summed E-state index contributed by atoms with van der Waals surface area (Å²) in [5.74, 6) is 2.63. The average molecular weight is 318 g/mol. The summed E-state index contributed by atoms with van der Waals surface area (Å²) in [5, 5.41) is 6.38. The van der Waals surface area contributed by atoms with Gasteiger partial charge in [0, 0.05) is 32.5 Å². The molecule has 7 nitrogen and oxygen atoms in total. The molecule has 0 amide bonds. The molecule has 0 spiro atoms. The van der Waals surface area contributed by atoms with Gasteiger partial charge in [0.15, 0.2) is 0 Å². The topological polar surface area (TPSA) is 77.5 Å². The number of hydrogen-bond donors (Lipinski definition) is 2. The van der Waals surface area contributed by atoms with E-state index in [4.69, 9.17) is 14.2 Å². The normalized spacial score (nSPS) is 10.2. The zero-order chi connectivity index (χ0) is 16.5. The number of aromatic nitrogens is 2. The molecule has 0 radical (unpaired) electrons. The van der Waals surface area contributed by atoms with Crippen molar-refractivity contribution in [1.29, 1.82) is 0 Å². The van der Waals surface area contributed by atoms with Crippen LogP contribution < -0.4 is 20.1 Å². The predicted molar refractivity (Wildman–Crippen MR) is 89.8 cm³/mol. The molecule has 0 atom stereocenters. The Labute approximate surface area is 136 Å². The third-order valence-corrected chi connectivity index (χ3v) is 3.14. The third kappa shape index (κ3) is 5.00. The first-order chi connectivity index (χ1) is 11.3. The van der Waals surface area contributed by atoms with Crippen LogP contribution >= 0.6 is 0 Å². The first-order valence-electron chi connectivity index (χ1n) is 7.31. The number of anilines is 3. The van der Waals surface area contributed by atoms with E-state index < -0.39 is 0 Å². The summed E-state index contributed by atoms with van der Waals surface area (Å²) in [6, 6.07) is 7.33. The molecule has 2 N–H and O–H groups in total. The molecule has 1 aromatic heterocycles. The van der Waals surface area contributed by atoms with E-state index in [0.717, 1.165) is 30.2 Å². The van der Waals surface area contributed by atoms with Crippen molar-refractivity contribution in [1.82, 2.24) is 9.97 Å². The minimum Gasteiger partial charge on any atom is -0.497 e. The van der Waals surface area contributed by atoms with Crippen molar-refractivity contribution in [2.45, 2.75) is 6.42 Å². The molecule has 2 aromatic rings. The monoisotopic (exact) mass is 318 g/mol. The van der Waals surface area contributed by atoms with Gasteiger partial charge in [-0.2, -0.15) is 4.98 Å². The van der Waals surface area contributed by atoms with Gasteiger partial charge in [0.05, 0.1) is 19.9 Å². The SMILES string of the molecule is COCCCNc1ccnc(Nc2ccc(OC)cc2OC)n1. The van der Waals surface area contributed by atoms with Crippen LogP contribution in [0.1, 0.15) is 6.42 Å². The van der Waals surface area contributed by atoms with E-state index in [0.29, 0.717) is 18.3 Å². The zero-order valence-electron chi connectivity index (χ0n) is 13.6. The molecular formula is C16H22N4O3. The molecule has 0 aliphatic rings. The summed E-state index contributed by atoms with van der Waals surface area (Å²) in [6.07, 6.45) is 2.61. The molecule has 0 aliphatic carbocycles. The molecule has 0 saturated heterocycles. The van der Waals surface area contributed by atoms with Gasteiger partial charge in [0.2, 0.25) is 5.95 Å². The van der Waals surface area contributed by atoms with Crippen LogP contribution in [0.5, 0.6) is 11.5 Å². The fourth-order valence-corrected chi connectivity index (χ4v) is 1.97. The van der Waals surface area contributed by atoms with E-state index in [2.05, 4.69) is 20.6 Å². The van der Waals surface area contributed by atoms with Gasteiger partial charge in [-0.15, -0.1) is 0 Å². The van der Waals surface area contributed by atoms with Gasteiger partial charge in [-0.25, -0.2) is 4.98 Å². The Bertz CT molecular complexity index is 622.